The zero-order valence-corrected chi connectivity index (χ0v) is 16.7. The van der Waals surface area contributed by atoms with Gasteiger partial charge in [-0.3, -0.25) is 4.79 Å². The topological polar surface area (TPSA) is 89.3 Å². The summed E-state index contributed by atoms with van der Waals surface area (Å²) in [7, 11) is -3.29. The van der Waals surface area contributed by atoms with Crippen LogP contribution < -0.4 is 5.32 Å². The number of amides is 1. The summed E-state index contributed by atoms with van der Waals surface area (Å²) < 4.78 is 29.2. The van der Waals surface area contributed by atoms with E-state index in [1.54, 1.807) is 18.2 Å². The molecule has 1 aromatic carbocycles. The molecule has 27 heavy (non-hydrogen) atoms. The number of benzene rings is 1. The summed E-state index contributed by atoms with van der Waals surface area (Å²) in [5.41, 5.74) is 1.09. The molecule has 3 aliphatic rings. The average molecular weight is 423 g/mol. The second-order valence-electron chi connectivity index (χ2n) is 7.57. The molecule has 3 saturated carbocycles. The molecule has 3 fully saturated rings. The van der Waals surface area contributed by atoms with E-state index in [0.29, 0.717) is 21.4 Å². The third-order valence-corrected chi connectivity index (χ3v) is 8.52. The standard InChI is InChI=1S/C18H15ClN2O4S2/c1-27(23,24)14-5-4-13(26-14)15(22)21-18-7-17(8-18,9-18)16-20-11-6-10(19)2-3-12(11)25-16/h2-6H,7-9H2,1H3,(H,21,22). The van der Waals surface area contributed by atoms with Gasteiger partial charge in [0.15, 0.2) is 15.4 Å². The molecule has 140 valence electrons. The molecule has 1 N–H and O–H groups in total. The number of thiophene rings is 1. The molecule has 6 nitrogen and oxygen atoms in total. The van der Waals surface area contributed by atoms with Crippen molar-refractivity contribution < 1.29 is 17.6 Å². The van der Waals surface area contributed by atoms with Crippen molar-refractivity contribution in [2.24, 2.45) is 0 Å². The van der Waals surface area contributed by atoms with Crippen LogP contribution in [0.4, 0.5) is 0 Å². The maximum atomic E-state index is 12.5. The Morgan fingerprint density at radius 2 is 2.00 bits per heavy atom. The van der Waals surface area contributed by atoms with Gasteiger partial charge in [-0.2, -0.15) is 0 Å². The summed E-state index contributed by atoms with van der Waals surface area (Å²) in [5, 5.41) is 3.68. The van der Waals surface area contributed by atoms with Crippen molar-refractivity contribution in [3.05, 3.63) is 46.1 Å². The lowest BCUT2D eigenvalue weighted by Crippen LogP contribution is -2.76. The van der Waals surface area contributed by atoms with Gasteiger partial charge in [-0.1, -0.05) is 11.6 Å². The monoisotopic (exact) mass is 422 g/mol. The minimum Gasteiger partial charge on any atom is -0.440 e. The summed E-state index contributed by atoms with van der Waals surface area (Å²) in [6.45, 7) is 0. The Morgan fingerprint density at radius 1 is 1.26 bits per heavy atom. The number of carbonyl (C=O) groups excluding carboxylic acids is 1. The van der Waals surface area contributed by atoms with Gasteiger partial charge < -0.3 is 9.73 Å². The maximum absolute atomic E-state index is 12.5. The van der Waals surface area contributed by atoms with E-state index in [4.69, 9.17) is 16.0 Å². The van der Waals surface area contributed by atoms with Crippen LogP contribution in [-0.2, 0) is 15.3 Å². The Bertz CT molecular complexity index is 1190. The smallest absolute Gasteiger partial charge is 0.261 e. The molecule has 0 unspecified atom stereocenters. The lowest BCUT2D eigenvalue weighted by molar-refractivity contribution is -0.0954. The van der Waals surface area contributed by atoms with Crippen molar-refractivity contribution in [1.29, 1.82) is 0 Å². The lowest BCUT2D eigenvalue weighted by atomic mass is 9.39. The highest BCUT2D eigenvalue weighted by atomic mass is 35.5. The van der Waals surface area contributed by atoms with Gasteiger partial charge in [-0.25, -0.2) is 13.4 Å². The van der Waals surface area contributed by atoms with E-state index in [1.165, 1.54) is 6.07 Å². The van der Waals surface area contributed by atoms with Crippen LogP contribution in [0.25, 0.3) is 11.1 Å². The fraction of sp³-hybridized carbons (Fsp3) is 0.333. The van der Waals surface area contributed by atoms with Crippen LogP contribution in [0.3, 0.4) is 0 Å². The van der Waals surface area contributed by atoms with Crippen molar-refractivity contribution in [2.75, 3.05) is 6.26 Å². The predicted octanol–water partition coefficient (Wildman–Crippen LogP) is 3.55. The second-order valence-corrected chi connectivity index (χ2v) is 11.3. The number of hydrogen-bond acceptors (Lipinski definition) is 6. The molecule has 2 bridgehead atoms. The number of hydrogen-bond donors (Lipinski definition) is 1. The van der Waals surface area contributed by atoms with Gasteiger partial charge in [-0.05, 0) is 49.6 Å². The predicted molar refractivity (Wildman–Crippen MR) is 102 cm³/mol. The Balaban J connectivity index is 1.30. The SMILES string of the molecule is CS(=O)(=O)c1ccc(C(=O)NC23CC(c4nc5cc(Cl)ccc5o4)(C2)C3)s1. The highest BCUT2D eigenvalue weighted by Crippen LogP contribution is 2.67. The Morgan fingerprint density at radius 3 is 2.67 bits per heavy atom. The summed E-state index contributed by atoms with van der Waals surface area (Å²) >= 11 is 7.00. The largest absolute Gasteiger partial charge is 0.440 e. The minimum absolute atomic E-state index is 0.119. The Kier molecular flexibility index (Phi) is 3.40. The highest BCUT2D eigenvalue weighted by molar-refractivity contribution is 7.92. The van der Waals surface area contributed by atoms with E-state index in [1.807, 2.05) is 6.07 Å². The number of oxazole rings is 1. The number of fused-ring (bicyclic) bond motifs is 1. The minimum atomic E-state index is -3.29. The zero-order chi connectivity index (χ0) is 19.0. The van der Waals surface area contributed by atoms with Crippen molar-refractivity contribution in [3.63, 3.8) is 0 Å². The first-order valence-electron chi connectivity index (χ1n) is 8.37. The van der Waals surface area contributed by atoms with Crippen LogP contribution in [0.5, 0.6) is 0 Å². The quantitative estimate of drug-likeness (QED) is 0.694. The van der Waals surface area contributed by atoms with Gasteiger partial charge in [0.05, 0.1) is 10.3 Å². The van der Waals surface area contributed by atoms with E-state index >= 15 is 0 Å². The van der Waals surface area contributed by atoms with Crippen molar-refractivity contribution in [2.45, 2.75) is 34.4 Å². The third-order valence-electron chi connectivity index (χ3n) is 5.38. The number of sulfone groups is 1. The van der Waals surface area contributed by atoms with Crippen LogP contribution >= 0.6 is 22.9 Å². The van der Waals surface area contributed by atoms with Gasteiger partial charge in [0.1, 0.15) is 9.73 Å². The molecule has 0 radical (unpaired) electrons. The molecule has 0 saturated heterocycles. The van der Waals surface area contributed by atoms with Crippen molar-refractivity contribution in [1.82, 2.24) is 10.3 Å². The number of nitrogens with one attached hydrogen (secondary N) is 1. The molecule has 9 heteroatoms. The molecule has 0 aliphatic heterocycles. The molecule has 2 aromatic heterocycles. The summed E-state index contributed by atoms with van der Waals surface area (Å²) in [6.07, 6.45) is 3.46. The molecule has 1 amide bonds. The normalized spacial score (nSPS) is 26.4. The molecular formula is C18H15ClN2O4S2. The van der Waals surface area contributed by atoms with E-state index in [9.17, 15) is 13.2 Å². The van der Waals surface area contributed by atoms with Gasteiger partial charge in [0.2, 0.25) is 5.89 Å². The number of halogens is 1. The van der Waals surface area contributed by atoms with Crippen molar-refractivity contribution in [3.8, 4) is 0 Å². The molecule has 0 atom stereocenters. The second kappa shape index (κ2) is 5.33. The molecule has 6 rings (SSSR count). The van der Waals surface area contributed by atoms with Gasteiger partial charge >= 0.3 is 0 Å². The van der Waals surface area contributed by atoms with Gasteiger partial charge in [-0.15, -0.1) is 11.3 Å². The zero-order valence-electron chi connectivity index (χ0n) is 14.3. The summed E-state index contributed by atoms with van der Waals surface area (Å²) in [4.78, 5) is 17.5. The molecule has 2 heterocycles. The van der Waals surface area contributed by atoms with Gasteiger partial charge in [0, 0.05) is 16.8 Å². The van der Waals surface area contributed by atoms with Crippen LogP contribution in [0.15, 0.2) is 39.0 Å². The van der Waals surface area contributed by atoms with E-state index in [0.717, 1.165) is 42.4 Å². The molecule has 0 spiro atoms. The highest BCUT2D eigenvalue weighted by Gasteiger charge is 2.71. The first-order valence-corrected chi connectivity index (χ1v) is 11.5. The maximum Gasteiger partial charge on any atom is 0.261 e. The first kappa shape index (κ1) is 17.2. The summed E-state index contributed by atoms with van der Waals surface area (Å²) in [6, 6.07) is 8.40. The number of nitrogens with zero attached hydrogens (tertiary/aromatic N) is 1. The van der Waals surface area contributed by atoms with Crippen LogP contribution in [0.1, 0.15) is 34.8 Å². The average Bonchev–Trinajstić information content (AvgIpc) is 3.14. The van der Waals surface area contributed by atoms with Crippen LogP contribution in [0.2, 0.25) is 5.02 Å². The number of rotatable bonds is 4. The molecule has 3 aliphatic carbocycles. The Hall–Kier alpha value is -1.90. The lowest BCUT2D eigenvalue weighted by Gasteiger charge is -2.68. The number of carbonyl (C=O) groups is 1. The van der Waals surface area contributed by atoms with E-state index < -0.39 is 9.84 Å². The fourth-order valence-electron chi connectivity index (χ4n) is 4.22. The Labute approximate surface area is 164 Å². The van der Waals surface area contributed by atoms with Gasteiger partial charge in [0.25, 0.3) is 5.91 Å². The van der Waals surface area contributed by atoms with E-state index in [2.05, 4.69) is 10.3 Å². The number of aromatic nitrogens is 1. The first-order chi connectivity index (χ1) is 12.7. The fourth-order valence-corrected chi connectivity index (χ4v) is 6.21. The third kappa shape index (κ3) is 2.61. The van der Waals surface area contributed by atoms with E-state index in [-0.39, 0.29) is 21.1 Å². The molecule has 3 aromatic rings. The van der Waals surface area contributed by atoms with Crippen LogP contribution in [-0.4, -0.2) is 31.1 Å². The van der Waals surface area contributed by atoms with Crippen LogP contribution in [0, 0.1) is 0 Å². The van der Waals surface area contributed by atoms with Crippen molar-refractivity contribution >= 4 is 49.8 Å². The molecular weight excluding hydrogens is 408 g/mol. The summed E-state index contributed by atoms with van der Waals surface area (Å²) in [5.74, 6) is 0.471.